The molecule has 1 fully saturated rings. The zero-order valence-corrected chi connectivity index (χ0v) is 12.0. The van der Waals surface area contributed by atoms with Crippen LogP contribution in [0.5, 0.6) is 0 Å². The molecule has 0 aliphatic carbocycles. The summed E-state index contributed by atoms with van der Waals surface area (Å²) in [5, 5.41) is 3.16. The van der Waals surface area contributed by atoms with Crippen molar-refractivity contribution < 1.29 is 4.79 Å². The normalized spacial score (nSPS) is 23.2. The topological polar surface area (TPSA) is 45.2 Å². The van der Waals surface area contributed by atoms with Crippen molar-refractivity contribution >= 4 is 11.7 Å². The number of rotatable bonds is 3. The van der Waals surface area contributed by atoms with Gasteiger partial charge < -0.3 is 10.2 Å². The minimum atomic E-state index is 0.100. The number of amides is 1. The monoisotopic (exact) mass is 261 g/mol. The minimum Gasteiger partial charge on any atom is -0.370 e. The Hall–Kier alpha value is -1.58. The standard InChI is InChI=1S/C15H23N3O/c1-4-16-14-13(6-5-9-17-14)15(19)18-10-11(2)7-8-12(18)3/h5-6,9,11-12H,4,7-8,10H2,1-3H3,(H,16,17). The Morgan fingerprint density at radius 3 is 3.00 bits per heavy atom. The number of pyridine rings is 1. The van der Waals surface area contributed by atoms with E-state index in [1.807, 2.05) is 24.0 Å². The number of hydrogen-bond donors (Lipinski definition) is 1. The SMILES string of the molecule is CCNc1ncccc1C(=O)N1CC(C)CCC1C. The summed E-state index contributed by atoms with van der Waals surface area (Å²) in [5.74, 6) is 1.38. The molecule has 1 saturated heterocycles. The molecule has 0 saturated carbocycles. The maximum Gasteiger partial charge on any atom is 0.257 e. The molecular formula is C15H23N3O. The Morgan fingerprint density at radius 1 is 1.47 bits per heavy atom. The molecule has 4 heteroatoms. The first-order valence-electron chi connectivity index (χ1n) is 7.13. The van der Waals surface area contributed by atoms with Crippen LogP contribution >= 0.6 is 0 Å². The van der Waals surface area contributed by atoms with Gasteiger partial charge in [-0.15, -0.1) is 0 Å². The van der Waals surface area contributed by atoms with Crippen molar-refractivity contribution in [1.29, 1.82) is 0 Å². The highest BCUT2D eigenvalue weighted by Crippen LogP contribution is 2.24. The Bertz CT molecular complexity index is 447. The number of carbonyl (C=O) groups excluding carboxylic acids is 1. The molecule has 1 aromatic rings. The molecule has 2 unspecified atom stereocenters. The molecule has 0 radical (unpaired) electrons. The van der Waals surface area contributed by atoms with E-state index in [-0.39, 0.29) is 5.91 Å². The van der Waals surface area contributed by atoms with Crippen LogP contribution in [0.15, 0.2) is 18.3 Å². The summed E-state index contributed by atoms with van der Waals surface area (Å²) in [6, 6.07) is 4.00. The molecule has 2 atom stereocenters. The highest BCUT2D eigenvalue weighted by molar-refractivity contribution is 5.98. The van der Waals surface area contributed by atoms with Gasteiger partial charge in [-0.1, -0.05) is 6.92 Å². The van der Waals surface area contributed by atoms with E-state index in [9.17, 15) is 4.79 Å². The molecule has 0 spiro atoms. The smallest absolute Gasteiger partial charge is 0.257 e. The molecule has 0 bridgehead atoms. The maximum absolute atomic E-state index is 12.7. The largest absolute Gasteiger partial charge is 0.370 e. The van der Waals surface area contributed by atoms with Crippen molar-refractivity contribution in [3.63, 3.8) is 0 Å². The van der Waals surface area contributed by atoms with Crippen LogP contribution in [-0.4, -0.2) is 34.9 Å². The van der Waals surface area contributed by atoms with Crippen LogP contribution in [0.3, 0.4) is 0 Å². The maximum atomic E-state index is 12.7. The Labute approximate surface area is 115 Å². The quantitative estimate of drug-likeness (QED) is 0.910. The summed E-state index contributed by atoms with van der Waals surface area (Å²) in [4.78, 5) is 19.0. The molecule has 1 amide bonds. The van der Waals surface area contributed by atoms with Crippen LogP contribution in [0, 0.1) is 5.92 Å². The predicted octanol–water partition coefficient (Wildman–Crippen LogP) is 2.77. The fourth-order valence-electron chi connectivity index (χ4n) is 2.61. The van der Waals surface area contributed by atoms with Gasteiger partial charge >= 0.3 is 0 Å². The lowest BCUT2D eigenvalue weighted by atomic mass is 9.94. The number of hydrogen-bond acceptors (Lipinski definition) is 3. The van der Waals surface area contributed by atoms with Crippen molar-refractivity contribution in [3.8, 4) is 0 Å². The predicted molar refractivity (Wildman–Crippen MR) is 77.3 cm³/mol. The van der Waals surface area contributed by atoms with Crippen molar-refractivity contribution in [2.45, 2.75) is 39.7 Å². The lowest BCUT2D eigenvalue weighted by Gasteiger charge is -2.37. The van der Waals surface area contributed by atoms with Crippen LogP contribution in [0.2, 0.25) is 0 Å². The van der Waals surface area contributed by atoms with Crippen LogP contribution in [0.25, 0.3) is 0 Å². The summed E-state index contributed by atoms with van der Waals surface area (Å²) in [7, 11) is 0. The number of nitrogens with one attached hydrogen (secondary N) is 1. The van der Waals surface area contributed by atoms with Gasteiger partial charge in [0.15, 0.2) is 0 Å². The third-order valence-electron chi connectivity index (χ3n) is 3.76. The molecule has 4 nitrogen and oxygen atoms in total. The third kappa shape index (κ3) is 3.06. The molecule has 0 aromatic carbocycles. The average molecular weight is 261 g/mol. The highest BCUT2D eigenvalue weighted by atomic mass is 16.2. The fraction of sp³-hybridized carbons (Fsp3) is 0.600. The van der Waals surface area contributed by atoms with Gasteiger partial charge in [0.25, 0.3) is 5.91 Å². The number of carbonyl (C=O) groups is 1. The van der Waals surface area contributed by atoms with E-state index in [0.29, 0.717) is 23.3 Å². The van der Waals surface area contributed by atoms with Gasteiger partial charge in [0.1, 0.15) is 5.82 Å². The van der Waals surface area contributed by atoms with E-state index >= 15 is 0 Å². The Kier molecular flexibility index (Phi) is 4.40. The van der Waals surface area contributed by atoms with Gasteiger partial charge in [-0.25, -0.2) is 4.98 Å². The first-order chi connectivity index (χ1) is 9.13. The average Bonchev–Trinajstić information content (AvgIpc) is 2.42. The molecule has 1 aromatic heterocycles. The van der Waals surface area contributed by atoms with Crippen molar-refractivity contribution in [1.82, 2.24) is 9.88 Å². The lowest BCUT2D eigenvalue weighted by molar-refractivity contribution is 0.0574. The lowest BCUT2D eigenvalue weighted by Crippen LogP contribution is -2.45. The zero-order chi connectivity index (χ0) is 13.8. The van der Waals surface area contributed by atoms with Gasteiger partial charge in [0.2, 0.25) is 0 Å². The summed E-state index contributed by atoms with van der Waals surface area (Å²) < 4.78 is 0. The van der Waals surface area contributed by atoms with Crippen LogP contribution in [-0.2, 0) is 0 Å². The van der Waals surface area contributed by atoms with Gasteiger partial charge in [-0.2, -0.15) is 0 Å². The first kappa shape index (κ1) is 13.8. The van der Waals surface area contributed by atoms with Crippen molar-refractivity contribution in [2.75, 3.05) is 18.4 Å². The van der Waals surface area contributed by atoms with Crippen LogP contribution in [0.4, 0.5) is 5.82 Å². The molecule has 1 N–H and O–H groups in total. The van der Waals surface area contributed by atoms with E-state index in [2.05, 4.69) is 24.1 Å². The second kappa shape index (κ2) is 6.04. The molecule has 2 heterocycles. The summed E-state index contributed by atoms with van der Waals surface area (Å²) in [6.45, 7) is 7.96. The number of nitrogens with zero attached hydrogens (tertiary/aromatic N) is 2. The minimum absolute atomic E-state index is 0.100. The molecule has 1 aliphatic heterocycles. The molecule has 1 aliphatic rings. The summed E-state index contributed by atoms with van der Waals surface area (Å²) in [6.07, 6.45) is 4.01. The summed E-state index contributed by atoms with van der Waals surface area (Å²) >= 11 is 0. The fourth-order valence-corrected chi connectivity index (χ4v) is 2.61. The number of likely N-dealkylation sites (tertiary alicyclic amines) is 1. The van der Waals surface area contributed by atoms with E-state index in [4.69, 9.17) is 0 Å². The Morgan fingerprint density at radius 2 is 2.26 bits per heavy atom. The van der Waals surface area contributed by atoms with E-state index in [1.165, 1.54) is 6.42 Å². The zero-order valence-electron chi connectivity index (χ0n) is 12.0. The Balaban J connectivity index is 2.23. The van der Waals surface area contributed by atoms with Crippen LogP contribution in [0.1, 0.15) is 44.0 Å². The number of anilines is 1. The third-order valence-corrected chi connectivity index (χ3v) is 3.76. The molecule has 2 rings (SSSR count). The number of aromatic nitrogens is 1. The molecular weight excluding hydrogens is 238 g/mol. The van der Waals surface area contributed by atoms with Crippen molar-refractivity contribution in [2.24, 2.45) is 5.92 Å². The van der Waals surface area contributed by atoms with Crippen LogP contribution < -0.4 is 5.32 Å². The van der Waals surface area contributed by atoms with Crippen molar-refractivity contribution in [3.05, 3.63) is 23.9 Å². The number of piperidine rings is 1. The molecule has 19 heavy (non-hydrogen) atoms. The van der Waals surface area contributed by atoms with Gasteiger partial charge in [-0.05, 0) is 44.7 Å². The molecule has 104 valence electrons. The van der Waals surface area contributed by atoms with Gasteiger partial charge in [0.05, 0.1) is 5.56 Å². The second-order valence-corrected chi connectivity index (χ2v) is 5.42. The first-order valence-corrected chi connectivity index (χ1v) is 7.13. The van der Waals surface area contributed by atoms with E-state index in [1.54, 1.807) is 6.20 Å². The van der Waals surface area contributed by atoms with Gasteiger partial charge in [-0.3, -0.25) is 4.79 Å². The van der Waals surface area contributed by atoms with Gasteiger partial charge in [0, 0.05) is 25.3 Å². The highest BCUT2D eigenvalue weighted by Gasteiger charge is 2.28. The van der Waals surface area contributed by atoms with E-state index in [0.717, 1.165) is 19.5 Å². The second-order valence-electron chi connectivity index (χ2n) is 5.42. The van der Waals surface area contributed by atoms with E-state index < -0.39 is 0 Å². The summed E-state index contributed by atoms with van der Waals surface area (Å²) in [5.41, 5.74) is 0.685.